The summed E-state index contributed by atoms with van der Waals surface area (Å²) in [4.78, 5) is 34.4. The molecule has 2 aromatic carbocycles. The van der Waals surface area contributed by atoms with Crippen molar-refractivity contribution in [2.45, 2.75) is 72.4 Å². The lowest BCUT2D eigenvalue weighted by Gasteiger charge is -2.41. The third-order valence-electron chi connectivity index (χ3n) is 8.16. The van der Waals surface area contributed by atoms with Gasteiger partial charge in [0.15, 0.2) is 0 Å². The summed E-state index contributed by atoms with van der Waals surface area (Å²) in [6.07, 6.45) is 0.585. The lowest BCUT2D eigenvalue weighted by atomic mass is 9.85. The number of amides is 3. The van der Waals surface area contributed by atoms with Crippen molar-refractivity contribution in [1.29, 1.82) is 0 Å². The zero-order chi connectivity index (χ0) is 32.1. The second kappa shape index (κ2) is 14.2. The number of carbonyl (C=O) groups is 2. The summed E-state index contributed by atoms with van der Waals surface area (Å²) >= 11 is 0. The molecule has 0 aliphatic carbocycles. The molecule has 0 spiro atoms. The van der Waals surface area contributed by atoms with Crippen LogP contribution in [-0.4, -0.2) is 94.2 Å². The van der Waals surface area contributed by atoms with Gasteiger partial charge < -0.3 is 24.7 Å². The van der Waals surface area contributed by atoms with E-state index in [2.05, 4.69) is 11.5 Å². The normalized spacial score (nSPS) is 14.9. The Bertz CT molecular complexity index is 1280. The summed E-state index contributed by atoms with van der Waals surface area (Å²) in [5.41, 5.74) is 2.22. The molecule has 0 radical (unpaired) electrons. The summed E-state index contributed by atoms with van der Waals surface area (Å²) < 4.78 is 6.05. The Morgan fingerprint density at radius 2 is 1.63 bits per heavy atom. The van der Waals surface area contributed by atoms with Crippen molar-refractivity contribution in [3.8, 4) is 17.2 Å². The maximum Gasteiger partial charge on any atom is 0.325 e. The number of phenols is 2. The maximum absolute atomic E-state index is 14.4. The van der Waals surface area contributed by atoms with Gasteiger partial charge in [0.25, 0.3) is 0 Å². The number of piperazine rings is 1. The molecule has 1 fully saturated rings. The summed E-state index contributed by atoms with van der Waals surface area (Å²) in [5.74, 6) is 0.864. The number of carbonyl (C=O) groups excluding carboxylic acids is 2. The molecule has 1 aliphatic heterocycles. The molecular formula is C34H50N4O5. The van der Waals surface area contributed by atoms with Gasteiger partial charge in [-0.05, 0) is 62.4 Å². The Kier molecular flexibility index (Phi) is 11.1. The topological polar surface area (TPSA) is 96.8 Å². The van der Waals surface area contributed by atoms with Crippen LogP contribution in [0.25, 0.3) is 5.70 Å². The Morgan fingerprint density at radius 3 is 2.14 bits per heavy atom. The van der Waals surface area contributed by atoms with Gasteiger partial charge in [-0.25, -0.2) is 4.79 Å². The van der Waals surface area contributed by atoms with Crippen LogP contribution in [0.3, 0.4) is 0 Å². The average Bonchev–Trinajstić information content (AvgIpc) is 2.96. The number of hydrogen-bond acceptors (Lipinski definition) is 6. The number of phenolic OH excluding ortho intramolecular Hbond substituents is 2. The van der Waals surface area contributed by atoms with Crippen molar-refractivity contribution in [3.05, 3.63) is 59.7 Å². The van der Waals surface area contributed by atoms with Crippen LogP contribution in [0.2, 0.25) is 0 Å². The fourth-order valence-corrected chi connectivity index (χ4v) is 5.34. The van der Waals surface area contributed by atoms with Gasteiger partial charge in [0.05, 0.1) is 24.9 Å². The van der Waals surface area contributed by atoms with Gasteiger partial charge in [0.1, 0.15) is 17.2 Å². The molecule has 9 heteroatoms. The van der Waals surface area contributed by atoms with E-state index in [4.69, 9.17) is 4.74 Å². The first-order valence-corrected chi connectivity index (χ1v) is 15.2. The first-order chi connectivity index (χ1) is 20.2. The van der Waals surface area contributed by atoms with Crippen molar-refractivity contribution in [1.82, 2.24) is 19.6 Å². The quantitative estimate of drug-likeness (QED) is 0.360. The molecule has 3 amide bonds. The molecule has 3 rings (SSSR count). The number of benzene rings is 2. The molecule has 0 bridgehead atoms. The van der Waals surface area contributed by atoms with Gasteiger partial charge in [0, 0.05) is 50.4 Å². The first kappa shape index (κ1) is 33.8. The molecule has 9 nitrogen and oxygen atoms in total. The van der Waals surface area contributed by atoms with E-state index in [1.807, 2.05) is 73.7 Å². The summed E-state index contributed by atoms with van der Waals surface area (Å²) in [5, 5.41) is 21.0. The fourth-order valence-electron chi connectivity index (χ4n) is 5.34. The molecule has 1 heterocycles. The first-order valence-electron chi connectivity index (χ1n) is 15.2. The highest BCUT2D eigenvalue weighted by atomic mass is 16.5. The Morgan fingerprint density at radius 1 is 1.02 bits per heavy atom. The lowest BCUT2D eigenvalue weighted by molar-refractivity contribution is -0.132. The number of nitrogens with zero attached hydrogens (tertiary/aromatic N) is 4. The summed E-state index contributed by atoms with van der Waals surface area (Å²) in [6, 6.07) is 9.87. The molecular weight excluding hydrogens is 544 g/mol. The third kappa shape index (κ3) is 8.02. The van der Waals surface area contributed by atoms with Crippen LogP contribution in [0.15, 0.2) is 43.0 Å². The predicted molar refractivity (Wildman–Crippen MR) is 171 cm³/mol. The number of rotatable bonds is 10. The van der Waals surface area contributed by atoms with E-state index < -0.39 is 0 Å². The maximum atomic E-state index is 14.4. The molecule has 1 saturated heterocycles. The standard InChI is InChI=1S/C34H50N4O5/c1-10-29(25-12-14-26(39)15-13-25)38(24(5)27-20-30(40)28(34(6,7)8)21-31(27)43-11-2)33(42)37-18-16-36(17-19-37)22-32(41)35(9)23(3)4/h12-15,20-21,23,29,39-40H,5,10-11,16-19,22H2,1-4,6-9H3/t29-/m0/s1. The predicted octanol–water partition coefficient (Wildman–Crippen LogP) is 5.82. The lowest BCUT2D eigenvalue weighted by Crippen LogP contribution is -2.54. The van der Waals surface area contributed by atoms with Gasteiger partial charge in [-0.15, -0.1) is 0 Å². The highest BCUT2D eigenvalue weighted by molar-refractivity contribution is 5.87. The van der Waals surface area contributed by atoms with Gasteiger partial charge >= 0.3 is 6.03 Å². The summed E-state index contributed by atoms with van der Waals surface area (Å²) in [7, 11) is 1.81. The number of likely N-dealkylation sites (N-methyl/N-ethyl adjacent to an activating group) is 1. The van der Waals surface area contributed by atoms with Gasteiger partial charge in [0.2, 0.25) is 5.91 Å². The van der Waals surface area contributed by atoms with Crippen LogP contribution in [0, 0.1) is 0 Å². The summed E-state index contributed by atoms with van der Waals surface area (Å²) in [6.45, 7) is 21.1. The van der Waals surface area contributed by atoms with E-state index in [9.17, 15) is 19.8 Å². The number of ether oxygens (including phenoxy) is 1. The van der Waals surface area contributed by atoms with E-state index in [0.717, 1.165) is 11.1 Å². The molecule has 2 N–H and O–H groups in total. The van der Waals surface area contributed by atoms with Crippen LogP contribution in [0.5, 0.6) is 17.2 Å². The Labute approximate surface area is 257 Å². The van der Waals surface area contributed by atoms with E-state index in [1.54, 1.807) is 32.9 Å². The van der Waals surface area contributed by atoms with Crippen molar-refractivity contribution in [2.24, 2.45) is 0 Å². The van der Waals surface area contributed by atoms with Crippen molar-refractivity contribution in [2.75, 3.05) is 46.4 Å². The smallest absolute Gasteiger partial charge is 0.325 e. The Balaban J connectivity index is 1.98. The van der Waals surface area contributed by atoms with Gasteiger partial charge in [-0.2, -0.15) is 0 Å². The number of aromatic hydroxyl groups is 2. The van der Waals surface area contributed by atoms with Crippen molar-refractivity contribution >= 4 is 17.6 Å². The zero-order valence-corrected chi connectivity index (χ0v) is 27.2. The van der Waals surface area contributed by atoms with Crippen LogP contribution >= 0.6 is 0 Å². The second-order valence-electron chi connectivity index (χ2n) is 12.5. The molecule has 0 aromatic heterocycles. The van der Waals surface area contributed by atoms with Crippen LogP contribution < -0.4 is 4.74 Å². The molecule has 1 atom stereocenters. The largest absolute Gasteiger partial charge is 0.508 e. The van der Waals surface area contributed by atoms with Crippen LogP contribution in [-0.2, 0) is 10.2 Å². The van der Waals surface area contributed by atoms with Gasteiger partial charge in [-0.3, -0.25) is 14.6 Å². The van der Waals surface area contributed by atoms with Crippen molar-refractivity contribution < 1.29 is 24.5 Å². The van der Waals surface area contributed by atoms with E-state index >= 15 is 0 Å². The molecule has 43 heavy (non-hydrogen) atoms. The highest BCUT2D eigenvalue weighted by Gasteiger charge is 2.34. The van der Waals surface area contributed by atoms with Crippen LogP contribution in [0.4, 0.5) is 4.79 Å². The average molecular weight is 595 g/mol. The number of urea groups is 1. The molecule has 236 valence electrons. The highest BCUT2D eigenvalue weighted by Crippen LogP contribution is 2.42. The minimum atomic E-state index is -0.390. The van der Waals surface area contributed by atoms with E-state index in [0.29, 0.717) is 62.8 Å². The SMILES string of the molecule is C=C(c1cc(O)c(C(C)(C)C)cc1OCC)N(C(=O)N1CCN(CC(=O)N(C)C(C)C)CC1)[C@@H](CC)c1ccc(O)cc1. The zero-order valence-electron chi connectivity index (χ0n) is 27.2. The van der Waals surface area contributed by atoms with Gasteiger partial charge in [-0.1, -0.05) is 46.4 Å². The minimum Gasteiger partial charge on any atom is -0.508 e. The molecule has 1 aliphatic rings. The number of hydrogen-bond donors (Lipinski definition) is 2. The molecule has 0 saturated carbocycles. The monoisotopic (exact) mass is 594 g/mol. The van der Waals surface area contributed by atoms with Crippen molar-refractivity contribution in [3.63, 3.8) is 0 Å². The third-order valence-corrected chi connectivity index (χ3v) is 8.16. The Hall–Kier alpha value is -3.72. The minimum absolute atomic E-state index is 0.0603. The van der Waals surface area contributed by atoms with E-state index in [1.165, 1.54) is 0 Å². The molecule has 0 unspecified atom stereocenters. The molecule has 2 aromatic rings. The fraction of sp³-hybridized carbons (Fsp3) is 0.529. The second-order valence-corrected chi connectivity index (χ2v) is 12.5. The van der Waals surface area contributed by atoms with Crippen LogP contribution in [0.1, 0.15) is 77.6 Å². The van der Waals surface area contributed by atoms with E-state index in [-0.39, 0.29) is 40.9 Å².